The topological polar surface area (TPSA) is 18.5 Å². The molecule has 0 heterocycles. The van der Waals surface area contributed by atoms with Gasteiger partial charge in [0.2, 0.25) is 16.6 Å². The van der Waals surface area contributed by atoms with E-state index < -0.39 is 16.6 Å². The molecule has 2 nitrogen and oxygen atoms in total. The van der Waals surface area contributed by atoms with Gasteiger partial charge >= 0.3 is 0 Å². The molecule has 0 N–H and O–H groups in total. The van der Waals surface area contributed by atoms with Crippen LogP contribution in [0.2, 0.25) is 36.3 Å². The highest BCUT2D eigenvalue weighted by Gasteiger charge is 2.40. The van der Waals surface area contributed by atoms with Gasteiger partial charge in [-0.25, -0.2) is 0 Å². The zero-order chi connectivity index (χ0) is 19.0. The second-order valence-corrected chi connectivity index (χ2v) is 19.0. The molecular weight excluding hydrogens is 328 g/mol. The maximum Gasteiger partial charge on any atom is 0.250 e. The van der Waals surface area contributed by atoms with E-state index in [4.69, 9.17) is 15.3 Å². The first-order chi connectivity index (χ1) is 10.6. The quantitative estimate of drug-likeness (QED) is 0.453. The molecule has 0 fully saturated rings. The Morgan fingerprint density at radius 3 is 1.33 bits per heavy atom. The Kier molecular flexibility index (Phi) is 5.74. The highest BCUT2D eigenvalue weighted by Crippen LogP contribution is 2.40. The summed E-state index contributed by atoms with van der Waals surface area (Å²) in [5, 5.41) is 0.277. The lowest BCUT2D eigenvalue weighted by atomic mass is 10.2. The Morgan fingerprint density at radius 1 is 0.750 bits per heavy atom. The summed E-state index contributed by atoms with van der Waals surface area (Å²) in [7, 11) is -3.82. The van der Waals surface area contributed by atoms with E-state index >= 15 is 0 Å². The smallest absolute Gasteiger partial charge is 0.250 e. The van der Waals surface area contributed by atoms with Crippen molar-refractivity contribution in [2.75, 3.05) is 0 Å². The van der Waals surface area contributed by atoms with Gasteiger partial charge in [0.25, 0.3) is 0 Å². The van der Waals surface area contributed by atoms with Gasteiger partial charge < -0.3 is 8.85 Å². The molecule has 0 spiro atoms. The zero-order valence-corrected chi connectivity index (χ0v) is 19.1. The fourth-order valence-corrected chi connectivity index (χ4v) is 3.69. The third kappa shape index (κ3) is 4.91. The van der Waals surface area contributed by atoms with Gasteiger partial charge in [-0.15, -0.1) is 6.42 Å². The second-order valence-electron chi connectivity index (χ2n) is 9.56. The van der Waals surface area contributed by atoms with Crippen LogP contribution >= 0.6 is 0 Å². The third-order valence-electron chi connectivity index (χ3n) is 5.41. The van der Waals surface area contributed by atoms with Crippen LogP contribution in [0.5, 0.6) is 11.5 Å². The maximum atomic E-state index is 6.43. The molecule has 0 aliphatic carbocycles. The molecule has 0 amide bonds. The van der Waals surface area contributed by atoms with Crippen LogP contribution in [0.3, 0.4) is 0 Å². The lowest BCUT2D eigenvalue weighted by Crippen LogP contribution is -2.44. The minimum Gasteiger partial charge on any atom is -0.543 e. The van der Waals surface area contributed by atoms with Gasteiger partial charge in [-0.3, -0.25) is 0 Å². The molecule has 0 bridgehead atoms. The fourth-order valence-electron chi connectivity index (χ4n) is 1.67. The predicted octanol–water partition coefficient (Wildman–Crippen LogP) is 6.44. The van der Waals surface area contributed by atoms with Crippen molar-refractivity contribution in [1.82, 2.24) is 0 Å². The van der Waals surface area contributed by atoms with Crippen molar-refractivity contribution in [3.63, 3.8) is 0 Å². The SMILES string of the molecule is C#Cc1cc(O[Si](C)(C)C(C)(C)C)cc(O[Si](C)(C)C(C)(C)C)c1. The first-order valence-electron chi connectivity index (χ1n) is 8.59. The first kappa shape index (κ1) is 20.9. The minimum atomic E-state index is -1.91. The Morgan fingerprint density at radius 2 is 1.08 bits per heavy atom. The second kappa shape index (κ2) is 6.61. The molecule has 0 atom stereocenters. The molecule has 24 heavy (non-hydrogen) atoms. The van der Waals surface area contributed by atoms with E-state index in [2.05, 4.69) is 73.7 Å². The Balaban J connectivity index is 3.22. The van der Waals surface area contributed by atoms with E-state index in [9.17, 15) is 0 Å². The normalized spacial score (nSPS) is 13.4. The van der Waals surface area contributed by atoms with E-state index in [-0.39, 0.29) is 10.1 Å². The average Bonchev–Trinajstić information content (AvgIpc) is 2.34. The molecule has 0 saturated carbocycles. The number of benzene rings is 1. The third-order valence-corrected chi connectivity index (χ3v) is 14.1. The zero-order valence-electron chi connectivity index (χ0n) is 17.1. The molecule has 1 aromatic carbocycles. The Labute approximate surface area is 151 Å². The van der Waals surface area contributed by atoms with Crippen LogP contribution in [0, 0.1) is 12.3 Å². The van der Waals surface area contributed by atoms with Crippen LogP contribution in [-0.2, 0) is 0 Å². The molecule has 0 radical (unpaired) electrons. The van der Waals surface area contributed by atoms with Gasteiger partial charge in [0.15, 0.2) is 0 Å². The van der Waals surface area contributed by atoms with Crippen molar-refractivity contribution < 1.29 is 8.85 Å². The van der Waals surface area contributed by atoms with Gasteiger partial charge in [-0.05, 0) is 48.4 Å². The summed E-state index contributed by atoms with van der Waals surface area (Å²) < 4.78 is 12.9. The summed E-state index contributed by atoms with van der Waals surface area (Å²) in [5.41, 5.74) is 0.805. The molecular formula is C20H34O2Si2. The van der Waals surface area contributed by atoms with Crippen molar-refractivity contribution in [2.24, 2.45) is 0 Å². The summed E-state index contributed by atoms with van der Waals surface area (Å²) in [5.74, 6) is 4.38. The summed E-state index contributed by atoms with van der Waals surface area (Å²) in [6, 6.07) is 5.89. The highest BCUT2D eigenvalue weighted by molar-refractivity contribution is 6.75. The Hall–Kier alpha value is -1.19. The fraction of sp³-hybridized carbons (Fsp3) is 0.600. The molecule has 0 aliphatic rings. The van der Waals surface area contributed by atoms with Gasteiger partial charge in [0, 0.05) is 11.6 Å². The van der Waals surface area contributed by atoms with Crippen LogP contribution in [0.4, 0.5) is 0 Å². The maximum absolute atomic E-state index is 6.43. The lowest BCUT2D eigenvalue weighted by Gasteiger charge is -2.38. The highest BCUT2D eigenvalue weighted by atomic mass is 28.4. The number of rotatable bonds is 4. The lowest BCUT2D eigenvalue weighted by molar-refractivity contribution is 0.474. The first-order valence-corrected chi connectivity index (χ1v) is 14.4. The van der Waals surface area contributed by atoms with Crippen molar-refractivity contribution in [1.29, 1.82) is 0 Å². The van der Waals surface area contributed by atoms with Crippen LogP contribution in [0.1, 0.15) is 47.1 Å². The van der Waals surface area contributed by atoms with Crippen LogP contribution < -0.4 is 8.85 Å². The molecule has 0 unspecified atom stereocenters. The number of hydrogen-bond acceptors (Lipinski definition) is 2. The van der Waals surface area contributed by atoms with Crippen molar-refractivity contribution in [3.8, 4) is 23.8 Å². The van der Waals surface area contributed by atoms with Gasteiger partial charge in [-0.2, -0.15) is 0 Å². The van der Waals surface area contributed by atoms with Gasteiger partial charge in [0.05, 0.1) is 0 Å². The number of hydrogen-bond donors (Lipinski definition) is 0. The standard InChI is InChI=1S/C20H34O2Si2/c1-12-16-13-17(21-23(8,9)19(2,3)4)15-18(14-16)22-24(10,11)20(5,6)7/h1,13-15H,2-11H3. The summed E-state index contributed by atoms with van der Waals surface area (Å²) in [6.07, 6.45) is 5.65. The molecule has 1 rings (SSSR count). The van der Waals surface area contributed by atoms with E-state index in [0.29, 0.717) is 0 Å². The molecule has 1 aromatic rings. The molecule has 0 aromatic heterocycles. The monoisotopic (exact) mass is 362 g/mol. The largest absolute Gasteiger partial charge is 0.543 e. The van der Waals surface area contributed by atoms with Crippen molar-refractivity contribution in [3.05, 3.63) is 23.8 Å². The van der Waals surface area contributed by atoms with Gasteiger partial charge in [-0.1, -0.05) is 47.5 Å². The number of terminal acetylenes is 1. The van der Waals surface area contributed by atoms with E-state index in [1.807, 2.05) is 18.2 Å². The molecule has 4 heteroatoms. The van der Waals surface area contributed by atoms with Crippen molar-refractivity contribution in [2.45, 2.75) is 77.8 Å². The average molecular weight is 363 g/mol. The summed E-state index contributed by atoms with van der Waals surface area (Å²) in [4.78, 5) is 0. The van der Waals surface area contributed by atoms with Crippen molar-refractivity contribution >= 4 is 16.6 Å². The Bertz CT molecular complexity index is 580. The molecule has 0 aliphatic heterocycles. The molecule has 134 valence electrons. The van der Waals surface area contributed by atoms with Crippen LogP contribution in [0.25, 0.3) is 0 Å². The predicted molar refractivity (Wildman–Crippen MR) is 110 cm³/mol. The molecule has 0 saturated heterocycles. The summed E-state index contributed by atoms with van der Waals surface area (Å²) >= 11 is 0. The van der Waals surface area contributed by atoms with Crippen LogP contribution in [-0.4, -0.2) is 16.6 Å². The van der Waals surface area contributed by atoms with Gasteiger partial charge in [0.1, 0.15) is 11.5 Å². The van der Waals surface area contributed by atoms with Crippen LogP contribution in [0.15, 0.2) is 18.2 Å². The summed E-state index contributed by atoms with van der Waals surface area (Å²) in [6.45, 7) is 22.4. The van der Waals surface area contributed by atoms with E-state index in [1.165, 1.54) is 0 Å². The van der Waals surface area contributed by atoms with E-state index in [1.54, 1.807) is 0 Å². The minimum absolute atomic E-state index is 0.138. The van der Waals surface area contributed by atoms with E-state index in [0.717, 1.165) is 17.1 Å².